The molecule has 7 heteroatoms. The number of aryl methyl sites for hydroxylation is 2. The molecule has 1 aliphatic rings. The lowest BCUT2D eigenvalue weighted by atomic mass is 9.97. The smallest absolute Gasteiger partial charge is 0.238 e. The lowest BCUT2D eigenvalue weighted by Crippen LogP contribution is -2.30. The van der Waals surface area contributed by atoms with E-state index < -0.39 is 0 Å². The Hall–Kier alpha value is -2.95. The Kier molecular flexibility index (Phi) is 5.47. The van der Waals surface area contributed by atoms with Crippen molar-refractivity contribution in [1.82, 2.24) is 14.9 Å². The number of rotatable bonds is 5. The van der Waals surface area contributed by atoms with Gasteiger partial charge in [0.15, 0.2) is 0 Å². The maximum atomic E-state index is 12.4. The summed E-state index contributed by atoms with van der Waals surface area (Å²) in [4.78, 5) is 25.8. The lowest BCUT2D eigenvalue weighted by molar-refractivity contribution is -0.117. The third-order valence-corrected chi connectivity index (χ3v) is 6.21. The standard InChI is InChI=1S/C22H23N5OS/c1-3-14-7-6-8-15(11-14)24-19(28)13-27(2)12-18-25-21(23)20-16-9-4-5-10-17(16)29-22(20)26-18/h1,6-8,11H,4-5,9-10,12-13H2,2H3,(H,24,28)(H2,23,25,26). The average Bonchev–Trinajstić information content (AvgIpc) is 3.06. The Morgan fingerprint density at radius 1 is 1.34 bits per heavy atom. The van der Waals surface area contributed by atoms with Gasteiger partial charge in [-0.2, -0.15) is 0 Å². The Balaban J connectivity index is 1.44. The lowest BCUT2D eigenvalue weighted by Gasteiger charge is -2.16. The fourth-order valence-electron chi connectivity index (χ4n) is 3.73. The molecule has 0 fully saturated rings. The molecule has 148 valence electrons. The molecule has 0 spiro atoms. The number of terminal acetylenes is 1. The maximum Gasteiger partial charge on any atom is 0.238 e. The first-order valence-corrected chi connectivity index (χ1v) is 10.5. The summed E-state index contributed by atoms with van der Waals surface area (Å²) in [5.41, 5.74) is 9.02. The molecule has 29 heavy (non-hydrogen) atoms. The maximum absolute atomic E-state index is 12.4. The monoisotopic (exact) mass is 405 g/mol. The average molecular weight is 406 g/mol. The molecule has 1 amide bonds. The number of carbonyl (C=O) groups is 1. The number of likely N-dealkylation sites (N-methyl/N-ethyl adjacent to an activating group) is 1. The predicted octanol–water partition coefficient (Wildman–Crippen LogP) is 3.20. The molecule has 4 rings (SSSR count). The van der Waals surface area contributed by atoms with Gasteiger partial charge in [-0.05, 0) is 56.5 Å². The zero-order chi connectivity index (χ0) is 20.4. The van der Waals surface area contributed by atoms with Crippen LogP contribution in [0.1, 0.15) is 34.7 Å². The van der Waals surface area contributed by atoms with Crippen LogP contribution < -0.4 is 11.1 Å². The summed E-state index contributed by atoms with van der Waals surface area (Å²) >= 11 is 1.73. The van der Waals surface area contributed by atoms with Crippen molar-refractivity contribution in [2.24, 2.45) is 0 Å². The second kappa shape index (κ2) is 8.19. The molecule has 0 saturated heterocycles. The highest BCUT2D eigenvalue weighted by Crippen LogP contribution is 2.37. The van der Waals surface area contributed by atoms with E-state index in [4.69, 9.17) is 17.1 Å². The van der Waals surface area contributed by atoms with E-state index in [0.29, 0.717) is 23.9 Å². The number of nitrogens with one attached hydrogen (secondary N) is 1. The van der Waals surface area contributed by atoms with Gasteiger partial charge in [-0.15, -0.1) is 17.8 Å². The van der Waals surface area contributed by atoms with E-state index in [1.165, 1.54) is 23.3 Å². The van der Waals surface area contributed by atoms with Gasteiger partial charge in [0.1, 0.15) is 16.5 Å². The number of aromatic nitrogens is 2. The third-order valence-electron chi connectivity index (χ3n) is 5.03. The number of carbonyl (C=O) groups excluding carboxylic acids is 1. The SMILES string of the molecule is C#Cc1cccc(NC(=O)CN(C)Cc2nc(N)c3c4c(sc3n2)CCCC4)c1. The molecule has 0 radical (unpaired) electrons. The molecule has 0 bridgehead atoms. The number of benzene rings is 1. The molecular weight excluding hydrogens is 382 g/mol. The zero-order valence-corrected chi connectivity index (χ0v) is 17.2. The summed E-state index contributed by atoms with van der Waals surface area (Å²) in [6.07, 6.45) is 9.99. The van der Waals surface area contributed by atoms with Crippen molar-refractivity contribution in [2.75, 3.05) is 24.6 Å². The van der Waals surface area contributed by atoms with Crippen LogP contribution in [0.4, 0.5) is 11.5 Å². The Morgan fingerprint density at radius 2 is 2.17 bits per heavy atom. The fraction of sp³-hybridized carbons (Fsp3) is 0.318. The first kappa shape index (κ1) is 19.4. The number of anilines is 2. The molecule has 1 aromatic carbocycles. The third kappa shape index (κ3) is 4.24. The van der Waals surface area contributed by atoms with Gasteiger partial charge in [0, 0.05) is 16.1 Å². The van der Waals surface area contributed by atoms with Crippen molar-refractivity contribution in [1.29, 1.82) is 0 Å². The van der Waals surface area contributed by atoms with Crippen LogP contribution in [0.25, 0.3) is 10.2 Å². The van der Waals surface area contributed by atoms with Crippen molar-refractivity contribution in [2.45, 2.75) is 32.2 Å². The summed E-state index contributed by atoms with van der Waals surface area (Å²) < 4.78 is 0. The van der Waals surface area contributed by atoms with Crippen molar-refractivity contribution < 1.29 is 4.79 Å². The van der Waals surface area contributed by atoms with Crippen LogP contribution in [0.15, 0.2) is 24.3 Å². The second-order valence-corrected chi connectivity index (χ2v) is 8.45. The van der Waals surface area contributed by atoms with Gasteiger partial charge < -0.3 is 11.1 Å². The topological polar surface area (TPSA) is 84.1 Å². The molecule has 0 saturated carbocycles. The van der Waals surface area contributed by atoms with Gasteiger partial charge in [0.25, 0.3) is 0 Å². The van der Waals surface area contributed by atoms with Gasteiger partial charge in [0.05, 0.1) is 18.5 Å². The van der Waals surface area contributed by atoms with Gasteiger partial charge in [-0.3, -0.25) is 9.69 Å². The summed E-state index contributed by atoms with van der Waals surface area (Å²) in [6.45, 7) is 0.656. The molecule has 2 heterocycles. The van der Waals surface area contributed by atoms with Crippen molar-refractivity contribution in [3.63, 3.8) is 0 Å². The van der Waals surface area contributed by atoms with E-state index in [9.17, 15) is 4.79 Å². The number of nitrogen functional groups attached to an aromatic ring is 1. The summed E-state index contributed by atoms with van der Waals surface area (Å²) in [7, 11) is 1.86. The first-order chi connectivity index (χ1) is 14.0. The minimum Gasteiger partial charge on any atom is -0.383 e. The van der Waals surface area contributed by atoms with E-state index in [1.54, 1.807) is 17.4 Å². The van der Waals surface area contributed by atoms with Gasteiger partial charge in [-0.25, -0.2) is 9.97 Å². The van der Waals surface area contributed by atoms with E-state index in [2.05, 4.69) is 16.2 Å². The number of thiophene rings is 1. The number of fused-ring (bicyclic) bond motifs is 3. The number of amides is 1. The molecule has 3 aromatic rings. The minimum absolute atomic E-state index is 0.123. The molecule has 1 aliphatic carbocycles. The van der Waals surface area contributed by atoms with E-state index in [1.807, 2.05) is 30.1 Å². The largest absolute Gasteiger partial charge is 0.383 e. The van der Waals surface area contributed by atoms with Crippen LogP contribution in [0.3, 0.4) is 0 Å². The first-order valence-electron chi connectivity index (χ1n) is 9.65. The molecule has 3 N–H and O–H groups in total. The van der Waals surface area contributed by atoms with E-state index in [0.717, 1.165) is 28.6 Å². The van der Waals surface area contributed by atoms with Crippen LogP contribution in [-0.4, -0.2) is 34.4 Å². The number of hydrogen-bond donors (Lipinski definition) is 2. The quantitative estimate of drug-likeness (QED) is 0.637. The van der Waals surface area contributed by atoms with Crippen LogP contribution in [0, 0.1) is 12.3 Å². The molecule has 0 unspecified atom stereocenters. The number of hydrogen-bond acceptors (Lipinski definition) is 6. The van der Waals surface area contributed by atoms with Crippen molar-refractivity contribution in [3.05, 3.63) is 46.1 Å². The fourth-order valence-corrected chi connectivity index (χ4v) is 5.02. The second-order valence-electron chi connectivity index (χ2n) is 7.36. The number of nitrogens with two attached hydrogens (primary N) is 1. The number of nitrogens with zero attached hydrogens (tertiary/aromatic N) is 3. The predicted molar refractivity (Wildman–Crippen MR) is 118 cm³/mol. The highest BCUT2D eigenvalue weighted by Gasteiger charge is 2.20. The highest BCUT2D eigenvalue weighted by molar-refractivity contribution is 7.19. The molecule has 0 aliphatic heterocycles. The van der Waals surface area contributed by atoms with Crippen LogP contribution >= 0.6 is 11.3 Å². The van der Waals surface area contributed by atoms with Crippen molar-refractivity contribution in [3.8, 4) is 12.3 Å². The van der Waals surface area contributed by atoms with Gasteiger partial charge >= 0.3 is 0 Å². The van der Waals surface area contributed by atoms with Gasteiger partial charge in [-0.1, -0.05) is 12.0 Å². The Morgan fingerprint density at radius 3 is 3.00 bits per heavy atom. The molecule has 0 atom stereocenters. The van der Waals surface area contributed by atoms with Crippen LogP contribution in [0.5, 0.6) is 0 Å². The summed E-state index contributed by atoms with van der Waals surface area (Å²) in [5.74, 6) is 3.63. The molecule has 6 nitrogen and oxygen atoms in total. The van der Waals surface area contributed by atoms with E-state index in [-0.39, 0.29) is 12.5 Å². The molecule has 2 aromatic heterocycles. The summed E-state index contributed by atoms with van der Waals surface area (Å²) in [5, 5.41) is 3.90. The van der Waals surface area contributed by atoms with Gasteiger partial charge in [0.2, 0.25) is 5.91 Å². The zero-order valence-electron chi connectivity index (χ0n) is 16.4. The van der Waals surface area contributed by atoms with E-state index >= 15 is 0 Å². The minimum atomic E-state index is -0.123. The van der Waals surface area contributed by atoms with Crippen LogP contribution in [0.2, 0.25) is 0 Å². The highest BCUT2D eigenvalue weighted by atomic mass is 32.1. The van der Waals surface area contributed by atoms with Crippen molar-refractivity contribution >= 4 is 39.0 Å². The van der Waals surface area contributed by atoms with Crippen LogP contribution in [-0.2, 0) is 24.2 Å². The Labute approximate surface area is 174 Å². The molecular formula is C22H23N5OS. The Bertz CT molecular complexity index is 1110. The summed E-state index contributed by atoms with van der Waals surface area (Å²) in [6, 6.07) is 7.23. The normalized spacial score (nSPS) is 13.3.